The average molecular weight is 296 g/mol. The second-order valence-electron chi connectivity index (χ2n) is 7.03. The van der Waals surface area contributed by atoms with Crippen molar-refractivity contribution in [2.45, 2.75) is 32.6 Å². The summed E-state index contributed by atoms with van der Waals surface area (Å²) in [6.07, 6.45) is 4.42. The summed E-state index contributed by atoms with van der Waals surface area (Å²) in [6.45, 7) is 2.25. The standard InChI is InChI=1S/C23H20/c1-15-5-4-8-18-14-23-20(13-21(15)18)10-9-19-11-16-6-2-3-7-17(16)12-22(19)23/h2-10H,11-14H2,1H3. The van der Waals surface area contributed by atoms with Gasteiger partial charge in [-0.15, -0.1) is 0 Å². The molecule has 5 rings (SSSR count). The molecule has 3 aromatic carbocycles. The molecular weight excluding hydrogens is 276 g/mol. The molecule has 0 heteroatoms. The third-order valence-corrected chi connectivity index (χ3v) is 5.73. The molecule has 0 unspecified atom stereocenters. The first-order valence-electron chi connectivity index (χ1n) is 8.56. The summed E-state index contributed by atoms with van der Waals surface area (Å²) in [5.41, 5.74) is 13.8. The summed E-state index contributed by atoms with van der Waals surface area (Å²) in [7, 11) is 0. The highest BCUT2D eigenvalue weighted by Gasteiger charge is 2.24. The van der Waals surface area contributed by atoms with E-state index in [-0.39, 0.29) is 0 Å². The van der Waals surface area contributed by atoms with Gasteiger partial charge in [0, 0.05) is 0 Å². The van der Waals surface area contributed by atoms with Crippen molar-refractivity contribution < 1.29 is 0 Å². The summed E-state index contributed by atoms with van der Waals surface area (Å²) in [5, 5.41) is 0. The van der Waals surface area contributed by atoms with E-state index in [0.717, 1.165) is 25.7 Å². The summed E-state index contributed by atoms with van der Waals surface area (Å²) in [4.78, 5) is 0. The maximum absolute atomic E-state index is 2.39. The zero-order valence-corrected chi connectivity index (χ0v) is 13.5. The van der Waals surface area contributed by atoms with Gasteiger partial charge < -0.3 is 0 Å². The third-order valence-electron chi connectivity index (χ3n) is 5.73. The first-order valence-corrected chi connectivity index (χ1v) is 8.56. The molecule has 0 aromatic heterocycles. The van der Waals surface area contributed by atoms with Gasteiger partial charge in [0.05, 0.1) is 0 Å². The first kappa shape index (κ1) is 13.1. The molecular formula is C23H20. The Kier molecular flexibility index (Phi) is 2.76. The van der Waals surface area contributed by atoms with Crippen molar-refractivity contribution in [3.05, 3.63) is 105 Å². The summed E-state index contributed by atoms with van der Waals surface area (Å²) >= 11 is 0. The molecule has 0 saturated carbocycles. The quantitative estimate of drug-likeness (QED) is 0.378. The minimum absolute atomic E-state index is 1.10. The van der Waals surface area contributed by atoms with Crippen LogP contribution in [0.3, 0.4) is 0 Å². The molecule has 0 N–H and O–H groups in total. The highest BCUT2D eigenvalue weighted by molar-refractivity contribution is 5.56. The van der Waals surface area contributed by atoms with Crippen LogP contribution in [0, 0.1) is 6.92 Å². The maximum atomic E-state index is 2.39. The van der Waals surface area contributed by atoms with Gasteiger partial charge in [-0.1, -0.05) is 54.6 Å². The van der Waals surface area contributed by atoms with Gasteiger partial charge in [-0.05, 0) is 82.7 Å². The third kappa shape index (κ3) is 1.98. The summed E-state index contributed by atoms with van der Waals surface area (Å²) in [6, 6.07) is 20.5. The van der Waals surface area contributed by atoms with E-state index < -0.39 is 0 Å². The fraction of sp³-hybridized carbons (Fsp3) is 0.217. The van der Waals surface area contributed by atoms with Crippen molar-refractivity contribution in [2.75, 3.05) is 0 Å². The van der Waals surface area contributed by atoms with E-state index in [1.165, 1.54) is 22.3 Å². The van der Waals surface area contributed by atoms with E-state index in [4.69, 9.17) is 0 Å². The molecule has 3 aromatic rings. The number of rotatable bonds is 0. The molecule has 0 fully saturated rings. The van der Waals surface area contributed by atoms with E-state index in [2.05, 4.69) is 61.5 Å². The van der Waals surface area contributed by atoms with Crippen molar-refractivity contribution >= 4 is 0 Å². The van der Waals surface area contributed by atoms with Gasteiger partial charge in [0.25, 0.3) is 0 Å². The van der Waals surface area contributed by atoms with Crippen LogP contribution in [0.2, 0.25) is 0 Å². The molecule has 2 aliphatic rings. The molecule has 2 aliphatic carbocycles. The Morgan fingerprint density at radius 2 is 1.00 bits per heavy atom. The highest BCUT2D eigenvalue weighted by atomic mass is 14.3. The molecule has 0 aliphatic heterocycles. The van der Waals surface area contributed by atoms with Gasteiger partial charge in [0.2, 0.25) is 0 Å². The normalized spacial score (nSPS) is 14.5. The molecule has 23 heavy (non-hydrogen) atoms. The van der Waals surface area contributed by atoms with Gasteiger partial charge in [-0.3, -0.25) is 0 Å². The van der Waals surface area contributed by atoms with Crippen molar-refractivity contribution in [3.8, 4) is 0 Å². The van der Waals surface area contributed by atoms with Gasteiger partial charge in [-0.2, -0.15) is 0 Å². The minimum atomic E-state index is 1.10. The van der Waals surface area contributed by atoms with Gasteiger partial charge in [0.15, 0.2) is 0 Å². The first-order chi connectivity index (χ1) is 11.3. The lowest BCUT2D eigenvalue weighted by Crippen LogP contribution is -2.16. The van der Waals surface area contributed by atoms with E-state index >= 15 is 0 Å². The van der Waals surface area contributed by atoms with Crippen LogP contribution in [0.1, 0.15) is 50.1 Å². The Balaban J connectivity index is 1.64. The Hall–Kier alpha value is -2.34. The van der Waals surface area contributed by atoms with Crippen LogP contribution < -0.4 is 0 Å². The number of benzene rings is 3. The molecule has 112 valence electrons. The topological polar surface area (TPSA) is 0 Å². The number of aryl methyl sites for hydroxylation is 1. The second kappa shape index (κ2) is 4.83. The number of hydrogen-bond acceptors (Lipinski definition) is 0. The molecule has 0 saturated heterocycles. The molecule has 0 spiro atoms. The summed E-state index contributed by atoms with van der Waals surface area (Å²) in [5.74, 6) is 0. The van der Waals surface area contributed by atoms with Crippen LogP contribution in [-0.4, -0.2) is 0 Å². The van der Waals surface area contributed by atoms with Crippen LogP contribution >= 0.6 is 0 Å². The Morgan fingerprint density at radius 3 is 1.78 bits per heavy atom. The van der Waals surface area contributed by atoms with E-state index in [1.807, 2.05) is 0 Å². The Labute approximate surface area is 137 Å². The molecule has 0 bridgehead atoms. The van der Waals surface area contributed by atoms with Gasteiger partial charge in [0.1, 0.15) is 0 Å². The predicted molar refractivity (Wildman–Crippen MR) is 95.3 cm³/mol. The Bertz CT molecular complexity index is 931. The molecule has 0 heterocycles. The van der Waals surface area contributed by atoms with Crippen LogP contribution in [0.5, 0.6) is 0 Å². The second-order valence-corrected chi connectivity index (χ2v) is 7.03. The van der Waals surface area contributed by atoms with Gasteiger partial charge in [-0.25, -0.2) is 0 Å². The predicted octanol–water partition coefficient (Wildman–Crippen LogP) is 4.99. The molecule has 0 amide bonds. The fourth-order valence-electron chi connectivity index (χ4n) is 4.42. The average Bonchev–Trinajstić information content (AvgIpc) is 2.59. The minimum Gasteiger partial charge on any atom is -0.0620 e. The van der Waals surface area contributed by atoms with Crippen molar-refractivity contribution in [2.24, 2.45) is 0 Å². The molecule has 0 nitrogen and oxygen atoms in total. The zero-order valence-electron chi connectivity index (χ0n) is 13.5. The lowest BCUT2D eigenvalue weighted by Gasteiger charge is -2.28. The smallest absolute Gasteiger partial charge is 0.00170 e. The fourth-order valence-corrected chi connectivity index (χ4v) is 4.42. The molecule has 0 atom stereocenters. The largest absolute Gasteiger partial charge is 0.0620 e. The van der Waals surface area contributed by atoms with Crippen LogP contribution in [0.25, 0.3) is 0 Å². The van der Waals surface area contributed by atoms with Crippen molar-refractivity contribution in [3.63, 3.8) is 0 Å². The van der Waals surface area contributed by atoms with Crippen molar-refractivity contribution in [1.82, 2.24) is 0 Å². The highest BCUT2D eigenvalue weighted by Crippen LogP contribution is 2.36. The van der Waals surface area contributed by atoms with E-state index in [1.54, 1.807) is 27.8 Å². The van der Waals surface area contributed by atoms with Crippen LogP contribution in [0.15, 0.2) is 54.6 Å². The SMILES string of the molecule is Cc1cccc2c1Cc1ccc3c(c1C2)Cc1ccccc1C3. The number of fused-ring (bicyclic) bond motifs is 5. The maximum Gasteiger partial charge on any atom is -0.00170 e. The Morgan fingerprint density at radius 1 is 0.478 bits per heavy atom. The lowest BCUT2D eigenvalue weighted by molar-refractivity contribution is 0.914. The van der Waals surface area contributed by atoms with Crippen molar-refractivity contribution in [1.29, 1.82) is 0 Å². The van der Waals surface area contributed by atoms with E-state index in [0.29, 0.717) is 0 Å². The monoisotopic (exact) mass is 296 g/mol. The lowest BCUT2D eigenvalue weighted by atomic mass is 9.76. The van der Waals surface area contributed by atoms with E-state index in [9.17, 15) is 0 Å². The van der Waals surface area contributed by atoms with Gasteiger partial charge >= 0.3 is 0 Å². The molecule has 0 radical (unpaired) electrons. The van der Waals surface area contributed by atoms with Crippen LogP contribution in [-0.2, 0) is 25.7 Å². The van der Waals surface area contributed by atoms with Crippen LogP contribution in [0.4, 0.5) is 0 Å². The number of hydrogen-bond donors (Lipinski definition) is 0. The zero-order chi connectivity index (χ0) is 15.4. The summed E-state index contributed by atoms with van der Waals surface area (Å²) < 4.78 is 0.